The van der Waals surface area contributed by atoms with Crippen molar-refractivity contribution in [3.63, 3.8) is 0 Å². The maximum atomic E-state index is 12.5. The lowest BCUT2D eigenvalue weighted by Gasteiger charge is -2.40. The Morgan fingerprint density at radius 2 is 1.86 bits per heavy atom. The molecule has 0 spiro atoms. The molecule has 0 amide bonds. The number of benzene rings is 1. The van der Waals surface area contributed by atoms with Crippen LogP contribution in [0.3, 0.4) is 0 Å². The van der Waals surface area contributed by atoms with Gasteiger partial charge in [0.15, 0.2) is 14.1 Å². The van der Waals surface area contributed by atoms with Crippen LogP contribution in [-0.2, 0) is 15.6 Å². The van der Waals surface area contributed by atoms with Gasteiger partial charge in [-0.15, -0.1) is 0 Å². The highest BCUT2D eigenvalue weighted by Gasteiger charge is 2.49. The first-order chi connectivity index (χ1) is 12.9. The lowest BCUT2D eigenvalue weighted by Crippen LogP contribution is -2.45. The standard InChI is InChI=1S/C23H35NO3Si/c1-22(2,3)28(6,7)27-21-15-23(4)14-19(25)13-18(24(23)16-21)12-17-8-10-20(26-5)11-9-17/h8-11,13,21H,12,14-16H2,1-7H3/t21?,23-/m0/s1. The Labute approximate surface area is 171 Å². The average Bonchev–Trinajstić information content (AvgIpc) is 2.89. The number of hydrogen-bond donors (Lipinski definition) is 0. The van der Waals surface area contributed by atoms with Gasteiger partial charge in [0.2, 0.25) is 0 Å². The molecule has 0 bridgehead atoms. The molecule has 0 radical (unpaired) electrons. The molecule has 0 aromatic heterocycles. The second kappa shape index (κ2) is 7.34. The number of hydrogen-bond acceptors (Lipinski definition) is 4. The summed E-state index contributed by atoms with van der Waals surface area (Å²) in [5, 5.41) is 0.189. The Kier molecular flexibility index (Phi) is 5.54. The fourth-order valence-corrected chi connectivity index (χ4v) is 5.53. The Morgan fingerprint density at radius 3 is 2.43 bits per heavy atom. The van der Waals surface area contributed by atoms with Crippen LogP contribution in [-0.4, -0.2) is 44.3 Å². The third-order valence-corrected chi connectivity index (χ3v) is 11.3. The van der Waals surface area contributed by atoms with E-state index in [1.807, 2.05) is 18.2 Å². The van der Waals surface area contributed by atoms with Crippen molar-refractivity contribution in [2.45, 2.75) is 76.7 Å². The molecular formula is C23H35NO3Si. The summed E-state index contributed by atoms with van der Waals surface area (Å²) in [4.78, 5) is 14.9. The maximum Gasteiger partial charge on any atom is 0.192 e. The van der Waals surface area contributed by atoms with E-state index in [4.69, 9.17) is 9.16 Å². The first-order valence-corrected chi connectivity index (χ1v) is 13.2. The SMILES string of the molecule is COc1ccc(CC2=CC(=O)C[C@@]3(C)CC(O[Si](C)(C)C(C)(C)C)CN23)cc1. The molecular weight excluding hydrogens is 366 g/mol. The Balaban J connectivity index is 1.79. The van der Waals surface area contributed by atoms with Crippen LogP contribution in [0.5, 0.6) is 5.75 Å². The Bertz CT molecular complexity index is 763. The van der Waals surface area contributed by atoms with E-state index >= 15 is 0 Å². The smallest absolute Gasteiger partial charge is 0.192 e. The monoisotopic (exact) mass is 401 g/mol. The van der Waals surface area contributed by atoms with E-state index in [0.717, 1.165) is 30.8 Å². The van der Waals surface area contributed by atoms with Crippen molar-refractivity contribution >= 4 is 14.1 Å². The quantitative estimate of drug-likeness (QED) is 0.655. The van der Waals surface area contributed by atoms with Gasteiger partial charge in [0, 0.05) is 36.7 Å². The first-order valence-electron chi connectivity index (χ1n) is 10.3. The molecule has 0 saturated carbocycles. The highest BCUT2D eigenvalue weighted by Crippen LogP contribution is 2.44. The normalized spacial score (nSPS) is 25.5. The fraction of sp³-hybridized carbons (Fsp3) is 0.609. The van der Waals surface area contributed by atoms with Crippen molar-refractivity contribution in [1.29, 1.82) is 0 Å². The number of carbonyl (C=O) groups excluding carboxylic acids is 1. The highest BCUT2D eigenvalue weighted by atomic mass is 28.4. The van der Waals surface area contributed by atoms with Crippen LogP contribution in [0.1, 0.15) is 46.1 Å². The summed E-state index contributed by atoms with van der Waals surface area (Å²) >= 11 is 0. The van der Waals surface area contributed by atoms with Gasteiger partial charge in [-0.2, -0.15) is 0 Å². The van der Waals surface area contributed by atoms with E-state index in [0.29, 0.717) is 6.42 Å². The molecule has 2 atom stereocenters. The number of methoxy groups -OCH3 is 1. The van der Waals surface area contributed by atoms with Gasteiger partial charge in [0.1, 0.15) is 5.75 Å². The number of ketones is 1. The van der Waals surface area contributed by atoms with Crippen molar-refractivity contribution < 1.29 is 14.0 Å². The highest BCUT2D eigenvalue weighted by molar-refractivity contribution is 6.74. The molecule has 1 unspecified atom stereocenters. The minimum Gasteiger partial charge on any atom is -0.497 e. The van der Waals surface area contributed by atoms with Gasteiger partial charge in [-0.3, -0.25) is 4.79 Å². The summed E-state index contributed by atoms with van der Waals surface area (Å²) in [6.07, 6.45) is 4.30. The van der Waals surface area contributed by atoms with E-state index in [1.165, 1.54) is 5.56 Å². The predicted octanol–water partition coefficient (Wildman–Crippen LogP) is 4.95. The molecule has 1 saturated heterocycles. The topological polar surface area (TPSA) is 38.8 Å². The largest absolute Gasteiger partial charge is 0.497 e. The third kappa shape index (κ3) is 4.20. The van der Waals surface area contributed by atoms with Crippen LogP contribution < -0.4 is 4.74 Å². The Morgan fingerprint density at radius 1 is 1.21 bits per heavy atom. The number of rotatable bonds is 5. The van der Waals surface area contributed by atoms with Crippen molar-refractivity contribution in [2.24, 2.45) is 0 Å². The second-order valence-corrected chi connectivity index (χ2v) is 14.9. The molecule has 0 aliphatic carbocycles. The lowest BCUT2D eigenvalue weighted by molar-refractivity contribution is -0.117. The molecule has 28 heavy (non-hydrogen) atoms. The minimum absolute atomic E-state index is 0.138. The van der Waals surface area contributed by atoms with Crippen LogP contribution in [0.2, 0.25) is 18.1 Å². The van der Waals surface area contributed by atoms with Crippen LogP contribution in [0, 0.1) is 0 Å². The van der Waals surface area contributed by atoms with Crippen LogP contribution in [0.4, 0.5) is 0 Å². The summed E-state index contributed by atoms with van der Waals surface area (Å²) in [7, 11) is -0.160. The molecule has 0 N–H and O–H groups in total. The summed E-state index contributed by atoms with van der Waals surface area (Å²) in [6, 6.07) is 8.12. The van der Waals surface area contributed by atoms with E-state index < -0.39 is 8.32 Å². The molecule has 2 heterocycles. The van der Waals surface area contributed by atoms with E-state index in [2.05, 4.69) is 57.8 Å². The molecule has 1 fully saturated rings. The van der Waals surface area contributed by atoms with E-state index in [9.17, 15) is 4.79 Å². The summed E-state index contributed by atoms with van der Waals surface area (Å²) < 4.78 is 12.0. The molecule has 2 aliphatic heterocycles. The Hall–Kier alpha value is -1.59. The number of ether oxygens (including phenoxy) is 1. The molecule has 154 valence electrons. The van der Waals surface area contributed by atoms with Gasteiger partial charge in [-0.1, -0.05) is 32.9 Å². The predicted molar refractivity (Wildman–Crippen MR) is 116 cm³/mol. The lowest BCUT2D eigenvalue weighted by atomic mass is 9.87. The summed E-state index contributed by atoms with van der Waals surface area (Å²) in [5.74, 6) is 1.08. The third-order valence-electron chi connectivity index (χ3n) is 6.75. The van der Waals surface area contributed by atoms with Gasteiger partial charge in [0.05, 0.1) is 13.2 Å². The molecule has 4 nitrogen and oxygen atoms in total. The van der Waals surface area contributed by atoms with Crippen molar-refractivity contribution in [3.8, 4) is 5.75 Å². The van der Waals surface area contributed by atoms with Gasteiger partial charge >= 0.3 is 0 Å². The zero-order chi connectivity index (χ0) is 20.7. The summed E-state index contributed by atoms with van der Waals surface area (Å²) in [6.45, 7) is 14.6. The van der Waals surface area contributed by atoms with Gasteiger partial charge < -0.3 is 14.1 Å². The number of carbonyl (C=O) groups is 1. The number of nitrogens with zero attached hydrogens (tertiary/aromatic N) is 1. The fourth-order valence-electron chi connectivity index (χ4n) is 4.18. The van der Waals surface area contributed by atoms with Crippen LogP contribution >= 0.6 is 0 Å². The number of fused-ring (bicyclic) bond motifs is 1. The molecule has 1 aromatic rings. The van der Waals surface area contributed by atoms with Gasteiger partial charge in [0.25, 0.3) is 0 Å². The van der Waals surface area contributed by atoms with Crippen molar-refractivity contribution in [1.82, 2.24) is 4.90 Å². The maximum absolute atomic E-state index is 12.5. The van der Waals surface area contributed by atoms with Gasteiger partial charge in [-0.25, -0.2) is 0 Å². The molecule has 2 aliphatic rings. The first kappa shape index (κ1) is 21.1. The van der Waals surface area contributed by atoms with Crippen LogP contribution in [0.25, 0.3) is 0 Å². The zero-order valence-electron chi connectivity index (χ0n) is 18.5. The molecule has 5 heteroatoms. The van der Waals surface area contributed by atoms with E-state index in [1.54, 1.807) is 7.11 Å². The van der Waals surface area contributed by atoms with Crippen LogP contribution in [0.15, 0.2) is 36.0 Å². The van der Waals surface area contributed by atoms with Crippen molar-refractivity contribution in [3.05, 3.63) is 41.6 Å². The van der Waals surface area contributed by atoms with Crippen molar-refractivity contribution in [2.75, 3.05) is 13.7 Å². The van der Waals surface area contributed by atoms with E-state index in [-0.39, 0.29) is 22.5 Å². The number of allylic oxidation sites excluding steroid dienone is 2. The van der Waals surface area contributed by atoms with Gasteiger partial charge in [-0.05, 0) is 49.2 Å². The molecule has 3 rings (SSSR count). The zero-order valence-corrected chi connectivity index (χ0v) is 19.5. The average molecular weight is 402 g/mol. The second-order valence-electron chi connectivity index (χ2n) is 10.1. The summed E-state index contributed by atoms with van der Waals surface area (Å²) in [5.41, 5.74) is 2.17. The minimum atomic E-state index is -1.84. The molecule has 1 aromatic carbocycles.